The molecule has 0 spiro atoms. The normalized spacial score (nSPS) is 19.1. The van der Waals surface area contributed by atoms with Crippen LogP contribution in [0.2, 0.25) is 0 Å². The van der Waals surface area contributed by atoms with E-state index < -0.39 is 0 Å². The molecule has 0 bridgehead atoms. The van der Waals surface area contributed by atoms with E-state index in [1.165, 1.54) is 0 Å². The van der Waals surface area contributed by atoms with Crippen LogP contribution in [0.4, 0.5) is 11.8 Å². The predicted molar refractivity (Wildman–Crippen MR) is 123 cm³/mol. The number of carbonyl (C=O) groups is 1. The van der Waals surface area contributed by atoms with E-state index in [0.717, 1.165) is 55.5 Å². The maximum absolute atomic E-state index is 13.3. The third-order valence-corrected chi connectivity index (χ3v) is 6.24. The summed E-state index contributed by atoms with van der Waals surface area (Å²) in [6, 6.07) is 14.0. The Morgan fingerprint density at radius 3 is 2.41 bits per heavy atom. The molecule has 5 rings (SSSR count). The van der Waals surface area contributed by atoms with Crippen molar-refractivity contribution in [2.45, 2.75) is 12.8 Å². The van der Waals surface area contributed by atoms with Crippen molar-refractivity contribution in [3.63, 3.8) is 0 Å². The number of benzene rings is 1. The number of amides is 1. The molecule has 3 aromatic rings. The number of piperazine rings is 1. The smallest absolute Gasteiger partial charge is 0.227 e. The topological polar surface area (TPSA) is 78.4 Å². The van der Waals surface area contributed by atoms with Crippen LogP contribution in [-0.4, -0.2) is 70.0 Å². The zero-order valence-corrected chi connectivity index (χ0v) is 18.0. The quantitative estimate of drug-likeness (QED) is 0.631. The molecule has 1 aromatic carbocycles. The van der Waals surface area contributed by atoms with Crippen molar-refractivity contribution in [3.05, 3.63) is 61.2 Å². The lowest BCUT2D eigenvalue weighted by atomic mass is 9.96. The fourth-order valence-electron chi connectivity index (χ4n) is 4.51. The standard InChI is InChI=1S/C24H27N7O/c32-23(29-12-14-30(15-13-29)24-25-9-5-10-26-24)20-8-4-11-31(17-20)22-16-21(27-18-28-22)19-6-2-1-3-7-19/h1-3,5-7,9-10,16,18,20H,4,8,11-15,17H2. The third kappa shape index (κ3) is 4.39. The van der Waals surface area contributed by atoms with Crippen LogP contribution in [-0.2, 0) is 4.79 Å². The van der Waals surface area contributed by atoms with Crippen molar-refractivity contribution >= 4 is 17.7 Å². The van der Waals surface area contributed by atoms with Gasteiger partial charge in [-0.1, -0.05) is 30.3 Å². The lowest BCUT2D eigenvalue weighted by Crippen LogP contribution is -2.53. The fourth-order valence-corrected chi connectivity index (χ4v) is 4.51. The van der Waals surface area contributed by atoms with Gasteiger partial charge in [-0.15, -0.1) is 0 Å². The van der Waals surface area contributed by atoms with Crippen LogP contribution in [0.25, 0.3) is 11.3 Å². The van der Waals surface area contributed by atoms with Crippen LogP contribution < -0.4 is 9.80 Å². The Hall–Kier alpha value is -3.55. The molecule has 8 nitrogen and oxygen atoms in total. The first-order valence-electron chi connectivity index (χ1n) is 11.2. The monoisotopic (exact) mass is 429 g/mol. The summed E-state index contributed by atoms with van der Waals surface area (Å²) < 4.78 is 0. The van der Waals surface area contributed by atoms with Crippen molar-refractivity contribution in [3.8, 4) is 11.3 Å². The molecule has 2 fully saturated rings. The van der Waals surface area contributed by atoms with Crippen molar-refractivity contribution in [2.24, 2.45) is 5.92 Å². The molecule has 2 aliphatic heterocycles. The summed E-state index contributed by atoms with van der Waals surface area (Å²) in [5.41, 5.74) is 1.98. The maximum atomic E-state index is 13.3. The minimum Gasteiger partial charge on any atom is -0.356 e. The third-order valence-electron chi connectivity index (χ3n) is 6.24. The van der Waals surface area contributed by atoms with Gasteiger partial charge in [0.1, 0.15) is 12.1 Å². The number of carbonyl (C=O) groups excluding carboxylic acids is 1. The number of aromatic nitrogens is 4. The molecule has 0 radical (unpaired) electrons. The molecule has 2 aromatic heterocycles. The molecular weight excluding hydrogens is 402 g/mol. The van der Waals surface area contributed by atoms with Crippen LogP contribution in [0, 0.1) is 5.92 Å². The minimum absolute atomic E-state index is 0.00147. The maximum Gasteiger partial charge on any atom is 0.227 e. The Bertz CT molecular complexity index is 1040. The van der Waals surface area contributed by atoms with Gasteiger partial charge in [-0.3, -0.25) is 4.79 Å². The first-order chi connectivity index (χ1) is 15.8. The van der Waals surface area contributed by atoms with Crippen LogP contribution in [0.1, 0.15) is 12.8 Å². The van der Waals surface area contributed by atoms with E-state index in [4.69, 9.17) is 0 Å². The summed E-state index contributed by atoms with van der Waals surface area (Å²) in [6.45, 7) is 4.55. The number of anilines is 2. The molecule has 1 atom stereocenters. The van der Waals surface area contributed by atoms with Crippen LogP contribution in [0.5, 0.6) is 0 Å². The van der Waals surface area contributed by atoms with E-state index in [9.17, 15) is 4.79 Å². The first kappa shape index (κ1) is 20.4. The van der Waals surface area contributed by atoms with E-state index in [1.807, 2.05) is 35.2 Å². The van der Waals surface area contributed by atoms with Crippen molar-refractivity contribution < 1.29 is 4.79 Å². The second kappa shape index (κ2) is 9.30. The molecule has 0 aliphatic carbocycles. The molecule has 2 aliphatic rings. The summed E-state index contributed by atoms with van der Waals surface area (Å²) >= 11 is 0. The average Bonchev–Trinajstić information content (AvgIpc) is 2.89. The average molecular weight is 430 g/mol. The Morgan fingerprint density at radius 1 is 0.844 bits per heavy atom. The van der Waals surface area contributed by atoms with Gasteiger partial charge in [-0.25, -0.2) is 19.9 Å². The van der Waals surface area contributed by atoms with Crippen molar-refractivity contribution in [1.82, 2.24) is 24.8 Å². The van der Waals surface area contributed by atoms with Gasteiger partial charge in [0.2, 0.25) is 11.9 Å². The Morgan fingerprint density at radius 2 is 1.62 bits per heavy atom. The number of hydrogen-bond acceptors (Lipinski definition) is 7. The highest BCUT2D eigenvalue weighted by Gasteiger charge is 2.32. The summed E-state index contributed by atoms with van der Waals surface area (Å²) in [4.78, 5) is 37.3. The van der Waals surface area contributed by atoms with Gasteiger partial charge < -0.3 is 14.7 Å². The predicted octanol–water partition coefficient (Wildman–Crippen LogP) is 2.50. The van der Waals surface area contributed by atoms with Gasteiger partial charge in [0.25, 0.3) is 0 Å². The fraction of sp³-hybridized carbons (Fsp3) is 0.375. The SMILES string of the molecule is O=C(C1CCCN(c2cc(-c3ccccc3)ncn2)C1)N1CCN(c2ncccn2)CC1. The van der Waals surface area contributed by atoms with Gasteiger partial charge in [-0.05, 0) is 18.9 Å². The summed E-state index contributed by atoms with van der Waals surface area (Å²) in [5.74, 6) is 1.88. The molecule has 0 saturated carbocycles. The zero-order chi connectivity index (χ0) is 21.8. The van der Waals surface area contributed by atoms with Gasteiger partial charge in [0, 0.05) is 63.3 Å². The summed E-state index contributed by atoms with van der Waals surface area (Å²) in [5, 5.41) is 0. The second-order valence-electron chi connectivity index (χ2n) is 8.27. The van der Waals surface area contributed by atoms with E-state index in [1.54, 1.807) is 18.7 Å². The second-order valence-corrected chi connectivity index (χ2v) is 8.27. The van der Waals surface area contributed by atoms with Crippen molar-refractivity contribution in [1.29, 1.82) is 0 Å². The van der Waals surface area contributed by atoms with Gasteiger partial charge in [0.15, 0.2) is 0 Å². The van der Waals surface area contributed by atoms with Gasteiger partial charge in [0.05, 0.1) is 11.6 Å². The van der Waals surface area contributed by atoms with E-state index in [0.29, 0.717) is 19.6 Å². The highest BCUT2D eigenvalue weighted by atomic mass is 16.2. The minimum atomic E-state index is -0.00147. The summed E-state index contributed by atoms with van der Waals surface area (Å²) in [6.07, 6.45) is 7.04. The van der Waals surface area contributed by atoms with Gasteiger partial charge in [-0.2, -0.15) is 0 Å². The lowest BCUT2D eigenvalue weighted by molar-refractivity contribution is -0.136. The molecule has 8 heteroatoms. The summed E-state index contributed by atoms with van der Waals surface area (Å²) in [7, 11) is 0. The van der Waals surface area contributed by atoms with Crippen LogP contribution in [0.15, 0.2) is 61.2 Å². The van der Waals surface area contributed by atoms with Crippen LogP contribution >= 0.6 is 0 Å². The molecule has 1 amide bonds. The van der Waals surface area contributed by atoms with E-state index >= 15 is 0 Å². The molecule has 32 heavy (non-hydrogen) atoms. The molecule has 2 saturated heterocycles. The number of piperidine rings is 1. The molecule has 0 N–H and O–H groups in total. The Labute approximate surface area is 188 Å². The molecule has 164 valence electrons. The van der Waals surface area contributed by atoms with E-state index in [2.05, 4.69) is 41.9 Å². The van der Waals surface area contributed by atoms with Crippen LogP contribution in [0.3, 0.4) is 0 Å². The van der Waals surface area contributed by atoms with Gasteiger partial charge >= 0.3 is 0 Å². The molecule has 4 heterocycles. The zero-order valence-electron chi connectivity index (χ0n) is 18.0. The van der Waals surface area contributed by atoms with E-state index in [-0.39, 0.29) is 11.8 Å². The molecule has 1 unspecified atom stereocenters. The first-order valence-corrected chi connectivity index (χ1v) is 11.2. The van der Waals surface area contributed by atoms with Crippen molar-refractivity contribution in [2.75, 3.05) is 49.1 Å². The highest BCUT2D eigenvalue weighted by molar-refractivity contribution is 5.80. The lowest BCUT2D eigenvalue weighted by Gasteiger charge is -2.39. The molecular formula is C24H27N7O. The number of nitrogens with zero attached hydrogens (tertiary/aromatic N) is 7. The Balaban J connectivity index is 1.22. The Kier molecular flexibility index (Phi) is 5.91. The number of rotatable bonds is 4. The largest absolute Gasteiger partial charge is 0.356 e. The number of hydrogen-bond donors (Lipinski definition) is 0. The highest BCUT2D eigenvalue weighted by Crippen LogP contribution is 2.26.